The van der Waals surface area contributed by atoms with E-state index in [1.165, 1.54) is 5.56 Å². The van der Waals surface area contributed by atoms with Crippen molar-refractivity contribution in [3.05, 3.63) is 90.0 Å². The van der Waals surface area contributed by atoms with Crippen LogP contribution in [0, 0.1) is 0 Å². The highest BCUT2D eigenvalue weighted by Gasteiger charge is 2.23. The van der Waals surface area contributed by atoms with Gasteiger partial charge >= 0.3 is 0 Å². The van der Waals surface area contributed by atoms with E-state index in [4.69, 9.17) is 14.5 Å². The smallest absolute Gasteiger partial charge is 0.160 e. The van der Waals surface area contributed by atoms with Crippen LogP contribution in [0.15, 0.2) is 83.9 Å². The van der Waals surface area contributed by atoms with E-state index in [0.717, 1.165) is 48.2 Å². The Morgan fingerprint density at radius 2 is 1.53 bits per heavy atom. The quantitative estimate of drug-likeness (QED) is 0.587. The Bertz CT molecular complexity index is 990. The molecule has 0 saturated heterocycles. The molecule has 0 N–H and O–H groups in total. The third-order valence-corrected chi connectivity index (χ3v) is 5.28. The fourth-order valence-electron chi connectivity index (χ4n) is 3.68. The maximum atomic E-state index is 5.44. The molecule has 0 spiro atoms. The number of amidine groups is 1. The Morgan fingerprint density at radius 3 is 2.23 bits per heavy atom. The van der Waals surface area contributed by atoms with Crippen LogP contribution < -0.4 is 14.4 Å². The number of benzene rings is 3. The zero-order valence-electron chi connectivity index (χ0n) is 17.5. The average molecular weight is 402 g/mol. The van der Waals surface area contributed by atoms with E-state index in [1.807, 2.05) is 18.2 Å². The van der Waals surface area contributed by atoms with Crippen molar-refractivity contribution in [3.8, 4) is 11.5 Å². The van der Waals surface area contributed by atoms with E-state index < -0.39 is 0 Å². The molecule has 5 heteroatoms. The second-order valence-corrected chi connectivity index (χ2v) is 7.23. The summed E-state index contributed by atoms with van der Waals surface area (Å²) in [4.78, 5) is 9.58. The van der Waals surface area contributed by atoms with E-state index in [9.17, 15) is 0 Å². The van der Waals surface area contributed by atoms with E-state index in [-0.39, 0.29) is 0 Å². The first-order chi connectivity index (χ1) is 14.8. The summed E-state index contributed by atoms with van der Waals surface area (Å²) in [6, 6.07) is 27.0. The second kappa shape index (κ2) is 9.46. The topological polar surface area (TPSA) is 37.3 Å². The molecule has 0 amide bonds. The molecule has 0 unspecified atom stereocenters. The number of methoxy groups -OCH3 is 2. The van der Waals surface area contributed by atoms with E-state index >= 15 is 0 Å². The van der Waals surface area contributed by atoms with Crippen LogP contribution in [0.2, 0.25) is 0 Å². The number of anilines is 1. The Labute approximate surface area is 178 Å². The molecular weight excluding hydrogens is 374 g/mol. The van der Waals surface area contributed by atoms with Crippen LogP contribution in [0.1, 0.15) is 11.1 Å². The predicted octanol–water partition coefficient (Wildman–Crippen LogP) is 4.43. The molecular formula is C25H27N3O2. The highest BCUT2D eigenvalue weighted by Crippen LogP contribution is 2.28. The molecule has 3 aromatic rings. The number of rotatable bonds is 7. The van der Waals surface area contributed by atoms with Crippen molar-refractivity contribution in [3.63, 3.8) is 0 Å². The van der Waals surface area contributed by atoms with E-state index in [1.54, 1.807) is 14.2 Å². The van der Waals surface area contributed by atoms with Gasteiger partial charge in [-0.1, -0.05) is 54.6 Å². The molecule has 3 aromatic carbocycles. The summed E-state index contributed by atoms with van der Waals surface area (Å²) in [5.41, 5.74) is 3.51. The van der Waals surface area contributed by atoms with Gasteiger partial charge in [-0.25, -0.2) is 0 Å². The predicted molar refractivity (Wildman–Crippen MR) is 122 cm³/mol. The van der Waals surface area contributed by atoms with Crippen molar-refractivity contribution in [1.29, 1.82) is 0 Å². The molecule has 1 aliphatic heterocycles. The summed E-state index contributed by atoms with van der Waals surface area (Å²) in [7, 11) is 3.33. The number of hydrogen-bond acceptors (Lipinski definition) is 5. The van der Waals surface area contributed by atoms with Crippen molar-refractivity contribution < 1.29 is 9.47 Å². The summed E-state index contributed by atoms with van der Waals surface area (Å²) < 4.78 is 10.8. The van der Waals surface area contributed by atoms with Crippen LogP contribution in [0.4, 0.5) is 5.69 Å². The molecule has 0 aliphatic carbocycles. The van der Waals surface area contributed by atoms with E-state index in [0.29, 0.717) is 6.67 Å². The zero-order valence-corrected chi connectivity index (χ0v) is 17.5. The Hall–Kier alpha value is -3.31. The van der Waals surface area contributed by atoms with Gasteiger partial charge < -0.3 is 14.4 Å². The molecule has 0 bridgehead atoms. The van der Waals surface area contributed by atoms with Crippen LogP contribution in [0.5, 0.6) is 11.5 Å². The van der Waals surface area contributed by atoms with Crippen LogP contribution in [-0.2, 0) is 6.42 Å². The lowest BCUT2D eigenvalue weighted by molar-refractivity contribution is 0.284. The minimum atomic E-state index is 0.681. The minimum absolute atomic E-state index is 0.681. The minimum Gasteiger partial charge on any atom is -0.493 e. The van der Waals surface area contributed by atoms with Gasteiger partial charge in [0.15, 0.2) is 11.5 Å². The van der Waals surface area contributed by atoms with Crippen molar-refractivity contribution in [2.75, 3.05) is 39.0 Å². The molecule has 0 radical (unpaired) electrons. The van der Waals surface area contributed by atoms with Crippen LogP contribution in [0.25, 0.3) is 0 Å². The molecule has 0 fully saturated rings. The van der Waals surface area contributed by atoms with Crippen LogP contribution in [-0.4, -0.2) is 44.8 Å². The third-order valence-electron chi connectivity index (χ3n) is 5.28. The second-order valence-electron chi connectivity index (χ2n) is 7.23. The largest absolute Gasteiger partial charge is 0.493 e. The van der Waals surface area contributed by atoms with Crippen LogP contribution in [0.3, 0.4) is 0 Å². The maximum Gasteiger partial charge on any atom is 0.160 e. The Morgan fingerprint density at radius 1 is 0.833 bits per heavy atom. The molecule has 5 nitrogen and oxygen atoms in total. The van der Waals surface area contributed by atoms with Gasteiger partial charge in [0.25, 0.3) is 0 Å². The third kappa shape index (κ3) is 4.47. The molecule has 30 heavy (non-hydrogen) atoms. The lowest BCUT2D eigenvalue weighted by Crippen LogP contribution is -2.47. The first-order valence-corrected chi connectivity index (χ1v) is 10.1. The summed E-state index contributed by atoms with van der Waals surface area (Å²) in [6.45, 7) is 2.39. The lowest BCUT2D eigenvalue weighted by atomic mass is 10.1. The molecule has 4 rings (SSSR count). The van der Waals surface area contributed by atoms with Gasteiger partial charge in [-0.3, -0.25) is 9.89 Å². The first kappa shape index (κ1) is 20.0. The summed E-state index contributed by atoms with van der Waals surface area (Å²) >= 11 is 0. The monoisotopic (exact) mass is 401 g/mol. The number of hydrogen-bond donors (Lipinski definition) is 0. The van der Waals surface area contributed by atoms with Crippen molar-refractivity contribution in [2.45, 2.75) is 6.42 Å². The number of para-hydroxylation sites is 1. The molecule has 154 valence electrons. The van der Waals surface area contributed by atoms with E-state index in [2.05, 4.69) is 70.5 Å². The van der Waals surface area contributed by atoms with Gasteiger partial charge in [0.05, 0.1) is 27.6 Å². The summed E-state index contributed by atoms with van der Waals surface area (Å²) in [5, 5.41) is 0. The lowest BCUT2D eigenvalue weighted by Gasteiger charge is -2.36. The van der Waals surface area contributed by atoms with Gasteiger partial charge in [-0.15, -0.1) is 0 Å². The fraction of sp³-hybridized carbons (Fsp3) is 0.240. The zero-order chi connectivity index (χ0) is 20.8. The highest BCUT2D eigenvalue weighted by atomic mass is 16.5. The number of aliphatic imine (C=N–C) groups is 1. The van der Waals surface area contributed by atoms with Crippen molar-refractivity contribution >= 4 is 11.5 Å². The van der Waals surface area contributed by atoms with Gasteiger partial charge in [0.2, 0.25) is 0 Å². The summed E-state index contributed by atoms with van der Waals surface area (Å²) in [5.74, 6) is 2.54. The number of nitrogens with zero attached hydrogens (tertiary/aromatic N) is 3. The molecule has 0 saturated carbocycles. The molecule has 1 heterocycles. The van der Waals surface area contributed by atoms with Crippen LogP contribution >= 0.6 is 0 Å². The Kier molecular flexibility index (Phi) is 6.30. The first-order valence-electron chi connectivity index (χ1n) is 10.1. The molecule has 1 aliphatic rings. The molecule has 0 aromatic heterocycles. The highest BCUT2D eigenvalue weighted by molar-refractivity contribution is 6.10. The van der Waals surface area contributed by atoms with Crippen molar-refractivity contribution in [1.82, 2.24) is 4.90 Å². The van der Waals surface area contributed by atoms with Gasteiger partial charge in [0.1, 0.15) is 5.84 Å². The number of ether oxygens (including phenoxy) is 2. The van der Waals surface area contributed by atoms with Gasteiger partial charge in [-0.05, 0) is 36.2 Å². The molecule has 0 atom stereocenters. The fourth-order valence-corrected chi connectivity index (χ4v) is 3.68. The average Bonchev–Trinajstić information content (AvgIpc) is 2.83. The SMILES string of the molecule is COc1ccc(CCN2CN=C(c3ccccc3)N(c3ccccc3)C2)cc1OC. The van der Waals surface area contributed by atoms with Gasteiger partial charge in [-0.2, -0.15) is 0 Å². The van der Waals surface area contributed by atoms with Crippen molar-refractivity contribution in [2.24, 2.45) is 4.99 Å². The van der Waals surface area contributed by atoms with Gasteiger partial charge in [0, 0.05) is 17.8 Å². The Balaban J connectivity index is 1.52. The maximum absolute atomic E-state index is 5.44. The standard InChI is InChI=1S/C25H27N3O2/c1-29-23-14-13-20(17-24(23)30-2)15-16-27-18-26-25(21-9-5-3-6-10-21)28(19-27)22-11-7-4-8-12-22/h3-14,17H,15-16,18-19H2,1-2H3. The normalized spacial score (nSPS) is 14.3. The summed E-state index contributed by atoms with van der Waals surface area (Å²) in [6.07, 6.45) is 0.916.